The zero-order chi connectivity index (χ0) is 30.6. The van der Waals surface area contributed by atoms with Crippen molar-refractivity contribution in [2.45, 2.75) is 104 Å². The lowest BCUT2D eigenvalue weighted by Crippen LogP contribution is -2.45. The number of hydrogen-bond acceptors (Lipinski definition) is 7. The van der Waals surface area contributed by atoms with Crippen LogP contribution in [0.3, 0.4) is 0 Å². The standard InChI is InChI=1S/C33H44N2O6/c1-31(2,3)39-28(36)25(34-27(22-16-12-10-13-17-22)23-18-14-11-15-19-23)20-24-21-26(24)35(29(37)40-32(4,5)6)30(38)41-33(7,8)9/h10-19,24-26H,20-21H2,1-9H3. The number of carbonyl (C=O) groups is 3. The van der Waals surface area contributed by atoms with Gasteiger partial charge in [-0.1, -0.05) is 60.7 Å². The summed E-state index contributed by atoms with van der Waals surface area (Å²) in [5.41, 5.74) is 0.0753. The van der Waals surface area contributed by atoms with Crippen molar-refractivity contribution in [2.24, 2.45) is 10.9 Å². The SMILES string of the molecule is CC(C)(C)OC(=O)C(CC1CC1N(C(=O)OC(C)(C)C)C(=O)OC(C)(C)C)N=C(c1ccccc1)c1ccccc1. The molecule has 3 rings (SSSR count). The summed E-state index contributed by atoms with van der Waals surface area (Å²) in [6.45, 7) is 15.9. The molecule has 0 bridgehead atoms. The maximum Gasteiger partial charge on any atom is 0.420 e. The summed E-state index contributed by atoms with van der Waals surface area (Å²) < 4.78 is 16.9. The van der Waals surface area contributed by atoms with E-state index in [-0.39, 0.29) is 12.3 Å². The maximum absolute atomic E-state index is 13.5. The van der Waals surface area contributed by atoms with E-state index in [1.165, 1.54) is 0 Å². The number of imide groups is 1. The van der Waals surface area contributed by atoms with E-state index in [4.69, 9.17) is 19.2 Å². The van der Waals surface area contributed by atoms with Crippen LogP contribution in [0.1, 0.15) is 86.3 Å². The second kappa shape index (κ2) is 12.5. The first-order valence-electron chi connectivity index (χ1n) is 14.1. The number of nitrogens with zero attached hydrogens (tertiary/aromatic N) is 2. The number of benzene rings is 2. The van der Waals surface area contributed by atoms with E-state index >= 15 is 0 Å². The van der Waals surface area contributed by atoms with Gasteiger partial charge in [0.15, 0.2) is 0 Å². The van der Waals surface area contributed by atoms with E-state index < -0.39 is 47.0 Å². The highest BCUT2D eigenvalue weighted by Gasteiger charge is 2.51. The molecule has 2 amide bonds. The first-order valence-corrected chi connectivity index (χ1v) is 14.1. The predicted octanol–water partition coefficient (Wildman–Crippen LogP) is 7.19. The molecule has 0 radical (unpaired) electrons. The Kier molecular flexibility index (Phi) is 9.67. The molecule has 0 aliphatic heterocycles. The molecule has 8 heteroatoms. The van der Waals surface area contributed by atoms with Crippen molar-refractivity contribution >= 4 is 23.9 Å². The van der Waals surface area contributed by atoms with Gasteiger partial charge in [0.05, 0.1) is 5.71 Å². The van der Waals surface area contributed by atoms with E-state index in [0.29, 0.717) is 12.1 Å². The number of ether oxygens (including phenoxy) is 3. The Labute approximate surface area is 244 Å². The zero-order valence-electron chi connectivity index (χ0n) is 25.8. The molecule has 1 fully saturated rings. The molecule has 41 heavy (non-hydrogen) atoms. The summed E-state index contributed by atoms with van der Waals surface area (Å²) in [4.78, 5) is 45.8. The molecule has 0 heterocycles. The van der Waals surface area contributed by atoms with Crippen LogP contribution in [-0.2, 0) is 19.0 Å². The van der Waals surface area contributed by atoms with Crippen LogP contribution in [-0.4, -0.2) is 57.7 Å². The third-order valence-corrected chi connectivity index (χ3v) is 5.98. The highest BCUT2D eigenvalue weighted by molar-refractivity contribution is 6.13. The van der Waals surface area contributed by atoms with Gasteiger partial charge in [-0.3, -0.25) is 4.99 Å². The number of aliphatic imine (C=N–C) groups is 1. The predicted molar refractivity (Wildman–Crippen MR) is 159 cm³/mol. The number of carbonyl (C=O) groups excluding carboxylic acids is 3. The zero-order valence-corrected chi connectivity index (χ0v) is 25.8. The van der Waals surface area contributed by atoms with Gasteiger partial charge in [-0.2, -0.15) is 0 Å². The first kappa shape index (κ1) is 31.8. The van der Waals surface area contributed by atoms with Crippen LogP contribution in [0.5, 0.6) is 0 Å². The Morgan fingerprint density at radius 2 is 1.15 bits per heavy atom. The number of hydrogen-bond donors (Lipinski definition) is 0. The first-order chi connectivity index (χ1) is 18.9. The van der Waals surface area contributed by atoms with Gasteiger partial charge in [-0.25, -0.2) is 19.3 Å². The maximum atomic E-state index is 13.5. The molecule has 8 nitrogen and oxygen atoms in total. The summed E-state index contributed by atoms with van der Waals surface area (Å²) in [6.07, 6.45) is -0.763. The summed E-state index contributed by atoms with van der Waals surface area (Å²) in [7, 11) is 0. The second-order valence-electron chi connectivity index (χ2n) is 13.4. The molecule has 0 aromatic heterocycles. The van der Waals surface area contributed by atoms with Crippen molar-refractivity contribution in [2.75, 3.05) is 0 Å². The molecular formula is C33H44N2O6. The van der Waals surface area contributed by atoms with Crippen LogP contribution in [0.15, 0.2) is 65.7 Å². The van der Waals surface area contributed by atoms with Gasteiger partial charge < -0.3 is 14.2 Å². The summed E-state index contributed by atoms with van der Waals surface area (Å²) in [5, 5.41) is 0. The fourth-order valence-corrected chi connectivity index (χ4v) is 4.29. The topological polar surface area (TPSA) is 94.5 Å². The van der Waals surface area contributed by atoms with Crippen LogP contribution in [0.2, 0.25) is 0 Å². The number of rotatable bonds is 7. The molecule has 3 atom stereocenters. The van der Waals surface area contributed by atoms with Crippen molar-refractivity contribution in [3.05, 3.63) is 71.8 Å². The quantitative estimate of drug-likeness (QED) is 0.201. The molecule has 3 unspecified atom stereocenters. The monoisotopic (exact) mass is 564 g/mol. The van der Waals surface area contributed by atoms with Crippen LogP contribution < -0.4 is 0 Å². The molecule has 1 aliphatic carbocycles. The average Bonchev–Trinajstić information content (AvgIpc) is 3.57. The van der Waals surface area contributed by atoms with E-state index in [0.717, 1.165) is 16.0 Å². The number of amides is 2. The summed E-state index contributed by atoms with van der Waals surface area (Å²) >= 11 is 0. The van der Waals surface area contributed by atoms with Crippen molar-refractivity contribution in [1.29, 1.82) is 0 Å². The molecule has 1 saturated carbocycles. The molecular weight excluding hydrogens is 520 g/mol. The van der Waals surface area contributed by atoms with E-state index in [2.05, 4.69) is 0 Å². The van der Waals surface area contributed by atoms with Gasteiger partial charge in [0, 0.05) is 17.2 Å². The van der Waals surface area contributed by atoms with Gasteiger partial charge in [-0.05, 0) is 81.1 Å². The lowest BCUT2D eigenvalue weighted by molar-refractivity contribution is -0.156. The number of esters is 1. The minimum Gasteiger partial charge on any atom is -0.458 e. The Morgan fingerprint density at radius 3 is 1.54 bits per heavy atom. The molecule has 0 spiro atoms. The minimum absolute atomic E-state index is 0.191. The van der Waals surface area contributed by atoms with Crippen LogP contribution in [0.4, 0.5) is 9.59 Å². The lowest BCUT2D eigenvalue weighted by Gasteiger charge is -2.29. The Morgan fingerprint density at radius 1 is 0.732 bits per heavy atom. The summed E-state index contributed by atoms with van der Waals surface area (Å²) in [6, 6.07) is 18.0. The van der Waals surface area contributed by atoms with Gasteiger partial charge >= 0.3 is 18.2 Å². The van der Waals surface area contributed by atoms with Crippen LogP contribution >= 0.6 is 0 Å². The molecule has 2 aromatic rings. The molecule has 2 aromatic carbocycles. The van der Waals surface area contributed by atoms with Crippen LogP contribution in [0.25, 0.3) is 0 Å². The van der Waals surface area contributed by atoms with E-state index in [9.17, 15) is 14.4 Å². The second-order valence-corrected chi connectivity index (χ2v) is 13.4. The molecule has 0 N–H and O–H groups in total. The van der Waals surface area contributed by atoms with Gasteiger partial charge in [-0.15, -0.1) is 0 Å². The lowest BCUT2D eigenvalue weighted by atomic mass is 10.0. The third kappa shape index (κ3) is 10.0. The van der Waals surface area contributed by atoms with Crippen molar-refractivity contribution in [3.8, 4) is 0 Å². The molecule has 222 valence electrons. The van der Waals surface area contributed by atoms with Gasteiger partial charge in [0.2, 0.25) is 0 Å². The van der Waals surface area contributed by atoms with Gasteiger partial charge in [0.1, 0.15) is 22.8 Å². The molecule has 1 aliphatic rings. The highest BCUT2D eigenvalue weighted by Crippen LogP contribution is 2.42. The summed E-state index contributed by atoms with van der Waals surface area (Å²) in [5.74, 6) is -0.655. The van der Waals surface area contributed by atoms with Gasteiger partial charge in [0.25, 0.3) is 0 Å². The highest BCUT2D eigenvalue weighted by atomic mass is 16.6. The van der Waals surface area contributed by atoms with E-state index in [1.54, 1.807) is 41.5 Å². The van der Waals surface area contributed by atoms with Crippen molar-refractivity contribution in [1.82, 2.24) is 4.90 Å². The fraction of sp³-hybridized carbons (Fsp3) is 0.515. The fourth-order valence-electron chi connectivity index (χ4n) is 4.29. The van der Waals surface area contributed by atoms with Crippen molar-refractivity contribution in [3.63, 3.8) is 0 Å². The average molecular weight is 565 g/mol. The smallest absolute Gasteiger partial charge is 0.420 e. The minimum atomic E-state index is -0.862. The Balaban J connectivity index is 1.96. The largest absolute Gasteiger partial charge is 0.458 e. The van der Waals surface area contributed by atoms with E-state index in [1.807, 2.05) is 81.4 Å². The van der Waals surface area contributed by atoms with Crippen molar-refractivity contribution < 1.29 is 28.6 Å². The molecule has 0 saturated heterocycles. The van der Waals surface area contributed by atoms with Crippen LogP contribution in [0, 0.1) is 5.92 Å². The Hall–Kier alpha value is -3.68. The normalized spacial score (nSPS) is 17.6. The Bertz CT molecular complexity index is 1170. The third-order valence-electron chi connectivity index (χ3n) is 5.98.